The van der Waals surface area contributed by atoms with Crippen molar-refractivity contribution in [3.8, 4) is 0 Å². The fraction of sp³-hybridized carbons (Fsp3) is 1.00. The van der Waals surface area contributed by atoms with Crippen LogP contribution in [-0.4, -0.2) is 62.2 Å². The Morgan fingerprint density at radius 3 is 2.18 bits per heavy atom. The summed E-state index contributed by atoms with van der Waals surface area (Å²) in [6.45, 7) is 13.6. The molecule has 2 atom stereocenters. The molecule has 0 fully saturated rings. The highest BCUT2D eigenvalue weighted by Gasteiger charge is 2.21. The number of nitrogens with zero attached hydrogens (tertiary/aromatic N) is 2. The second-order valence-electron chi connectivity index (χ2n) is 5.19. The fourth-order valence-corrected chi connectivity index (χ4v) is 2.59. The van der Waals surface area contributed by atoms with Gasteiger partial charge >= 0.3 is 0 Å². The number of rotatable bonds is 10. The quantitative estimate of drug-likeness (QED) is 0.633. The van der Waals surface area contributed by atoms with Gasteiger partial charge in [-0.15, -0.1) is 0 Å². The van der Waals surface area contributed by atoms with E-state index >= 15 is 0 Å². The van der Waals surface area contributed by atoms with Crippen LogP contribution in [0.2, 0.25) is 0 Å². The smallest absolute Gasteiger partial charge is 0.0223 e. The van der Waals surface area contributed by atoms with E-state index in [4.69, 9.17) is 0 Å². The van der Waals surface area contributed by atoms with Gasteiger partial charge < -0.3 is 10.2 Å². The van der Waals surface area contributed by atoms with E-state index in [0.29, 0.717) is 12.1 Å². The minimum Gasteiger partial charge on any atom is -0.315 e. The molecule has 2 unspecified atom stereocenters. The standard InChI is InChI=1S/C14H33N3/c1-7-10-14(11-15-8-2)17(9-3)13(4)12-16(5)6/h13-15H,7-12H2,1-6H3. The molecule has 0 aliphatic rings. The summed E-state index contributed by atoms with van der Waals surface area (Å²) in [7, 11) is 4.31. The van der Waals surface area contributed by atoms with Gasteiger partial charge in [-0.05, 0) is 40.5 Å². The Bertz CT molecular complexity index is 171. The first kappa shape index (κ1) is 16.9. The van der Waals surface area contributed by atoms with Gasteiger partial charge in [0.25, 0.3) is 0 Å². The zero-order valence-electron chi connectivity index (χ0n) is 12.8. The molecule has 0 rings (SSSR count). The van der Waals surface area contributed by atoms with Crippen molar-refractivity contribution in [1.29, 1.82) is 0 Å². The van der Waals surface area contributed by atoms with E-state index in [1.807, 2.05) is 0 Å². The predicted octanol–water partition coefficient (Wildman–Crippen LogP) is 2.04. The number of likely N-dealkylation sites (N-methyl/N-ethyl adjacent to an activating group) is 3. The monoisotopic (exact) mass is 243 g/mol. The highest BCUT2D eigenvalue weighted by atomic mass is 15.2. The molecule has 0 bridgehead atoms. The first-order chi connectivity index (χ1) is 8.06. The maximum atomic E-state index is 3.50. The summed E-state index contributed by atoms with van der Waals surface area (Å²) < 4.78 is 0. The summed E-state index contributed by atoms with van der Waals surface area (Å²) in [5.41, 5.74) is 0. The maximum absolute atomic E-state index is 3.50. The Morgan fingerprint density at radius 1 is 1.12 bits per heavy atom. The van der Waals surface area contributed by atoms with Gasteiger partial charge in [0.15, 0.2) is 0 Å². The summed E-state index contributed by atoms with van der Waals surface area (Å²) in [4.78, 5) is 4.93. The lowest BCUT2D eigenvalue weighted by atomic mass is 10.1. The number of hydrogen-bond donors (Lipinski definition) is 1. The second kappa shape index (κ2) is 9.86. The van der Waals surface area contributed by atoms with E-state index in [1.54, 1.807) is 0 Å². The molecule has 3 nitrogen and oxygen atoms in total. The van der Waals surface area contributed by atoms with Crippen molar-refractivity contribution in [3.05, 3.63) is 0 Å². The summed E-state index contributed by atoms with van der Waals surface area (Å²) in [6, 6.07) is 1.31. The molecule has 0 radical (unpaired) electrons. The summed E-state index contributed by atoms with van der Waals surface area (Å²) in [6.07, 6.45) is 2.56. The molecular formula is C14H33N3. The topological polar surface area (TPSA) is 18.5 Å². The van der Waals surface area contributed by atoms with Crippen LogP contribution in [-0.2, 0) is 0 Å². The Hall–Kier alpha value is -0.120. The van der Waals surface area contributed by atoms with Gasteiger partial charge in [0.1, 0.15) is 0 Å². The van der Waals surface area contributed by atoms with Crippen molar-refractivity contribution in [2.45, 2.75) is 52.6 Å². The SMILES string of the molecule is CCCC(CNCC)N(CC)C(C)CN(C)C. The van der Waals surface area contributed by atoms with Crippen molar-refractivity contribution < 1.29 is 0 Å². The van der Waals surface area contributed by atoms with Gasteiger partial charge in [-0.25, -0.2) is 0 Å². The molecule has 0 amide bonds. The first-order valence-electron chi connectivity index (χ1n) is 7.17. The van der Waals surface area contributed by atoms with Gasteiger partial charge in [-0.1, -0.05) is 27.2 Å². The van der Waals surface area contributed by atoms with Crippen LogP contribution in [0.1, 0.15) is 40.5 Å². The minimum absolute atomic E-state index is 0.630. The van der Waals surface area contributed by atoms with Gasteiger partial charge in [0.05, 0.1) is 0 Å². The van der Waals surface area contributed by atoms with Gasteiger partial charge in [-0.2, -0.15) is 0 Å². The van der Waals surface area contributed by atoms with E-state index in [-0.39, 0.29) is 0 Å². The second-order valence-corrected chi connectivity index (χ2v) is 5.19. The highest BCUT2D eigenvalue weighted by molar-refractivity contribution is 4.78. The predicted molar refractivity (Wildman–Crippen MR) is 77.6 cm³/mol. The van der Waals surface area contributed by atoms with Crippen LogP contribution in [0.25, 0.3) is 0 Å². The lowest BCUT2D eigenvalue weighted by Gasteiger charge is -2.37. The van der Waals surface area contributed by atoms with Crippen molar-refractivity contribution in [2.75, 3.05) is 40.3 Å². The highest BCUT2D eigenvalue weighted by Crippen LogP contribution is 2.11. The third-order valence-electron chi connectivity index (χ3n) is 3.28. The van der Waals surface area contributed by atoms with Crippen LogP contribution < -0.4 is 5.32 Å². The molecule has 104 valence electrons. The largest absolute Gasteiger partial charge is 0.315 e. The molecule has 0 aromatic heterocycles. The molecular weight excluding hydrogens is 210 g/mol. The third-order valence-corrected chi connectivity index (χ3v) is 3.28. The molecule has 0 aliphatic heterocycles. The lowest BCUT2D eigenvalue weighted by Crippen LogP contribution is -2.49. The van der Waals surface area contributed by atoms with Crippen LogP contribution in [0, 0.1) is 0 Å². The van der Waals surface area contributed by atoms with Crippen LogP contribution in [0.4, 0.5) is 0 Å². The number of hydrogen-bond acceptors (Lipinski definition) is 3. The normalized spacial score (nSPS) is 15.5. The molecule has 1 N–H and O–H groups in total. The molecule has 0 heterocycles. The Morgan fingerprint density at radius 2 is 1.76 bits per heavy atom. The molecule has 3 heteroatoms. The summed E-state index contributed by atoms with van der Waals surface area (Å²) in [5.74, 6) is 0. The molecule has 0 aliphatic carbocycles. The molecule has 0 aromatic rings. The lowest BCUT2D eigenvalue weighted by molar-refractivity contribution is 0.119. The fourth-order valence-electron chi connectivity index (χ4n) is 2.59. The number of nitrogens with one attached hydrogen (secondary N) is 1. The van der Waals surface area contributed by atoms with Crippen molar-refractivity contribution >= 4 is 0 Å². The third kappa shape index (κ3) is 7.02. The molecule has 0 spiro atoms. The average Bonchev–Trinajstić information content (AvgIpc) is 2.25. The molecule has 0 aromatic carbocycles. The zero-order valence-corrected chi connectivity index (χ0v) is 12.8. The van der Waals surface area contributed by atoms with Crippen LogP contribution in [0.3, 0.4) is 0 Å². The van der Waals surface area contributed by atoms with Gasteiger partial charge in [-0.3, -0.25) is 4.90 Å². The minimum atomic E-state index is 0.630. The van der Waals surface area contributed by atoms with Crippen LogP contribution in [0.15, 0.2) is 0 Å². The molecule has 0 saturated carbocycles. The molecule has 17 heavy (non-hydrogen) atoms. The van der Waals surface area contributed by atoms with E-state index in [2.05, 4.69) is 56.9 Å². The van der Waals surface area contributed by atoms with Gasteiger partial charge in [0, 0.05) is 25.2 Å². The average molecular weight is 243 g/mol. The van der Waals surface area contributed by atoms with Crippen molar-refractivity contribution in [2.24, 2.45) is 0 Å². The van der Waals surface area contributed by atoms with E-state index in [0.717, 1.165) is 26.2 Å². The van der Waals surface area contributed by atoms with E-state index < -0.39 is 0 Å². The molecule has 0 saturated heterocycles. The van der Waals surface area contributed by atoms with E-state index in [1.165, 1.54) is 12.8 Å². The van der Waals surface area contributed by atoms with Crippen molar-refractivity contribution in [1.82, 2.24) is 15.1 Å². The zero-order chi connectivity index (χ0) is 13.3. The van der Waals surface area contributed by atoms with Crippen molar-refractivity contribution in [3.63, 3.8) is 0 Å². The Balaban J connectivity index is 4.40. The van der Waals surface area contributed by atoms with Crippen LogP contribution >= 0.6 is 0 Å². The Kier molecular flexibility index (Phi) is 9.79. The maximum Gasteiger partial charge on any atom is 0.0223 e. The summed E-state index contributed by atoms with van der Waals surface area (Å²) >= 11 is 0. The van der Waals surface area contributed by atoms with E-state index in [9.17, 15) is 0 Å². The van der Waals surface area contributed by atoms with Gasteiger partial charge in [0.2, 0.25) is 0 Å². The van der Waals surface area contributed by atoms with Crippen LogP contribution in [0.5, 0.6) is 0 Å². The Labute approximate surface area is 109 Å². The summed E-state index contributed by atoms with van der Waals surface area (Å²) in [5, 5.41) is 3.50. The first-order valence-corrected chi connectivity index (χ1v) is 7.17.